The molecule has 0 fully saturated rings. The van der Waals surface area contributed by atoms with E-state index in [1.807, 2.05) is 0 Å². The van der Waals surface area contributed by atoms with Crippen molar-refractivity contribution in [3.63, 3.8) is 0 Å². The van der Waals surface area contributed by atoms with Crippen molar-refractivity contribution in [1.82, 2.24) is 9.97 Å². The lowest BCUT2D eigenvalue weighted by molar-refractivity contribution is 0.0924. The van der Waals surface area contributed by atoms with Crippen LogP contribution in [0.15, 0.2) is 61.1 Å². The van der Waals surface area contributed by atoms with E-state index in [0.29, 0.717) is 5.69 Å². The van der Waals surface area contributed by atoms with Crippen molar-refractivity contribution in [2.45, 2.75) is 0 Å². The predicted octanol–water partition coefficient (Wildman–Crippen LogP) is 2.67. The van der Waals surface area contributed by atoms with Crippen molar-refractivity contribution in [3.8, 4) is 0 Å². The van der Waals surface area contributed by atoms with Crippen LogP contribution in [-0.4, -0.2) is 27.7 Å². The SMILES string of the molecule is O=C(Nc1ccccc1F)c1ccc(N2C(=O)c3cncnc3C2=O)cc1. The lowest BCUT2D eigenvalue weighted by Crippen LogP contribution is -2.29. The summed E-state index contributed by atoms with van der Waals surface area (Å²) in [5.74, 6) is -2.14. The molecule has 4 rings (SSSR count). The fourth-order valence-electron chi connectivity index (χ4n) is 2.73. The zero-order valence-corrected chi connectivity index (χ0v) is 13.7. The minimum atomic E-state index is -0.555. The minimum absolute atomic E-state index is 0.0383. The molecule has 1 aliphatic rings. The van der Waals surface area contributed by atoms with Gasteiger partial charge in [0, 0.05) is 11.8 Å². The zero-order valence-electron chi connectivity index (χ0n) is 13.7. The Labute approximate surface area is 152 Å². The van der Waals surface area contributed by atoms with Crippen LogP contribution in [0.3, 0.4) is 0 Å². The number of benzene rings is 2. The molecule has 0 radical (unpaired) electrons. The highest BCUT2D eigenvalue weighted by atomic mass is 19.1. The van der Waals surface area contributed by atoms with Crippen LogP contribution in [0.5, 0.6) is 0 Å². The largest absolute Gasteiger partial charge is 0.319 e. The number of para-hydroxylation sites is 1. The van der Waals surface area contributed by atoms with Gasteiger partial charge in [0.15, 0.2) is 0 Å². The lowest BCUT2D eigenvalue weighted by Gasteiger charge is -2.14. The Morgan fingerprint density at radius 3 is 2.44 bits per heavy atom. The highest BCUT2D eigenvalue weighted by Gasteiger charge is 2.38. The van der Waals surface area contributed by atoms with Gasteiger partial charge < -0.3 is 5.32 Å². The number of carbonyl (C=O) groups is 3. The molecular weight excluding hydrogens is 351 g/mol. The van der Waals surface area contributed by atoms with Crippen LogP contribution in [0, 0.1) is 5.82 Å². The molecule has 27 heavy (non-hydrogen) atoms. The summed E-state index contributed by atoms with van der Waals surface area (Å²) in [6.07, 6.45) is 2.49. The molecule has 0 saturated heterocycles. The maximum Gasteiger partial charge on any atom is 0.284 e. The lowest BCUT2D eigenvalue weighted by atomic mass is 10.1. The summed E-state index contributed by atoms with van der Waals surface area (Å²) in [5, 5.41) is 2.47. The summed E-state index contributed by atoms with van der Waals surface area (Å²) in [6.45, 7) is 0. The topological polar surface area (TPSA) is 92.3 Å². The summed E-state index contributed by atoms with van der Waals surface area (Å²) < 4.78 is 13.6. The van der Waals surface area contributed by atoms with Gasteiger partial charge >= 0.3 is 0 Å². The van der Waals surface area contributed by atoms with Gasteiger partial charge in [-0.3, -0.25) is 14.4 Å². The molecule has 2 aromatic carbocycles. The summed E-state index contributed by atoms with van der Waals surface area (Å²) in [7, 11) is 0. The maximum atomic E-state index is 13.6. The van der Waals surface area contributed by atoms with Crippen molar-refractivity contribution in [2.24, 2.45) is 0 Å². The average molecular weight is 362 g/mol. The molecule has 3 aromatic rings. The molecule has 0 bridgehead atoms. The normalized spacial score (nSPS) is 12.9. The van der Waals surface area contributed by atoms with Crippen molar-refractivity contribution in [2.75, 3.05) is 10.2 Å². The van der Waals surface area contributed by atoms with Crippen molar-refractivity contribution >= 4 is 29.1 Å². The van der Waals surface area contributed by atoms with Gasteiger partial charge in [-0.05, 0) is 36.4 Å². The molecule has 3 amide bonds. The smallest absolute Gasteiger partial charge is 0.284 e. The van der Waals surface area contributed by atoms with Gasteiger partial charge in [-0.25, -0.2) is 19.3 Å². The van der Waals surface area contributed by atoms with E-state index in [4.69, 9.17) is 0 Å². The number of nitrogens with zero attached hydrogens (tertiary/aromatic N) is 3. The second-order valence-electron chi connectivity index (χ2n) is 5.71. The van der Waals surface area contributed by atoms with Crippen molar-refractivity contribution in [3.05, 3.63) is 83.7 Å². The molecule has 1 aromatic heterocycles. The first-order valence-corrected chi connectivity index (χ1v) is 7.91. The van der Waals surface area contributed by atoms with E-state index >= 15 is 0 Å². The van der Waals surface area contributed by atoms with E-state index in [9.17, 15) is 18.8 Å². The number of carbonyl (C=O) groups excluding carboxylic acids is 3. The predicted molar refractivity (Wildman–Crippen MR) is 94.0 cm³/mol. The third-order valence-corrected chi connectivity index (χ3v) is 4.06. The van der Waals surface area contributed by atoms with E-state index in [1.54, 1.807) is 6.07 Å². The number of aromatic nitrogens is 2. The highest BCUT2D eigenvalue weighted by Crippen LogP contribution is 2.27. The van der Waals surface area contributed by atoms with Crippen LogP contribution < -0.4 is 10.2 Å². The Balaban J connectivity index is 1.57. The van der Waals surface area contributed by atoms with Gasteiger partial charge in [-0.15, -0.1) is 0 Å². The van der Waals surface area contributed by atoms with Crippen molar-refractivity contribution in [1.29, 1.82) is 0 Å². The summed E-state index contributed by atoms with van der Waals surface area (Å²) in [6, 6.07) is 11.6. The van der Waals surface area contributed by atoms with Crippen LogP contribution in [0.4, 0.5) is 15.8 Å². The molecule has 1 aliphatic heterocycles. The second-order valence-corrected chi connectivity index (χ2v) is 5.71. The third kappa shape index (κ3) is 2.82. The molecule has 0 atom stereocenters. The number of hydrogen-bond acceptors (Lipinski definition) is 5. The van der Waals surface area contributed by atoms with Gasteiger partial charge in [-0.2, -0.15) is 0 Å². The average Bonchev–Trinajstić information content (AvgIpc) is 2.95. The second kappa shape index (κ2) is 6.41. The van der Waals surface area contributed by atoms with Crippen molar-refractivity contribution < 1.29 is 18.8 Å². The van der Waals surface area contributed by atoms with Gasteiger partial charge in [-0.1, -0.05) is 12.1 Å². The summed E-state index contributed by atoms with van der Waals surface area (Å²) in [4.78, 5) is 45.6. The van der Waals surface area contributed by atoms with E-state index in [0.717, 1.165) is 4.90 Å². The minimum Gasteiger partial charge on any atom is -0.319 e. The van der Waals surface area contributed by atoms with E-state index in [2.05, 4.69) is 15.3 Å². The standard InChI is InChI=1S/C19H11FN4O3/c20-14-3-1-2-4-15(14)23-17(25)11-5-7-12(8-6-11)24-18(26)13-9-21-10-22-16(13)19(24)27/h1-10H,(H,23,25). The van der Waals surface area contributed by atoms with Crippen LogP contribution in [-0.2, 0) is 0 Å². The van der Waals surface area contributed by atoms with Gasteiger partial charge in [0.1, 0.15) is 17.8 Å². The van der Waals surface area contributed by atoms with Crippen LogP contribution in [0.1, 0.15) is 31.2 Å². The first kappa shape index (κ1) is 16.5. The quantitative estimate of drug-likeness (QED) is 0.723. The van der Waals surface area contributed by atoms with Gasteiger partial charge in [0.2, 0.25) is 0 Å². The summed E-state index contributed by atoms with van der Waals surface area (Å²) in [5.41, 5.74) is 0.773. The number of rotatable bonds is 3. The molecule has 0 saturated carbocycles. The number of anilines is 2. The van der Waals surface area contributed by atoms with Crippen LogP contribution in [0.25, 0.3) is 0 Å². The van der Waals surface area contributed by atoms with Crippen LogP contribution >= 0.6 is 0 Å². The monoisotopic (exact) mass is 362 g/mol. The number of hydrogen-bond donors (Lipinski definition) is 1. The number of imide groups is 1. The van der Waals surface area contributed by atoms with Crippen LogP contribution in [0.2, 0.25) is 0 Å². The fraction of sp³-hybridized carbons (Fsp3) is 0. The first-order chi connectivity index (χ1) is 13.1. The first-order valence-electron chi connectivity index (χ1n) is 7.91. The molecule has 0 spiro atoms. The van der Waals surface area contributed by atoms with E-state index < -0.39 is 23.5 Å². The molecule has 1 N–H and O–H groups in total. The molecule has 7 nitrogen and oxygen atoms in total. The molecule has 132 valence electrons. The highest BCUT2D eigenvalue weighted by molar-refractivity contribution is 6.33. The molecule has 8 heteroatoms. The Hall–Kier alpha value is -3.94. The number of halogens is 1. The Kier molecular flexibility index (Phi) is 3.92. The molecule has 2 heterocycles. The zero-order chi connectivity index (χ0) is 19.0. The number of fused-ring (bicyclic) bond motifs is 1. The van der Waals surface area contributed by atoms with Gasteiger partial charge in [0.05, 0.1) is 16.9 Å². The Morgan fingerprint density at radius 1 is 1.00 bits per heavy atom. The molecular formula is C19H11FN4O3. The number of amides is 3. The fourth-order valence-corrected chi connectivity index (χ4v) is 2.73. The number of nitrogens with one attached hydrogen (secondary N) is 1. The van der Waals surface area contributed by atoms with Gasteiger partial charge in [0.25, 0.3) is 17.7 Å². The molecule has 0 unspecified atom stereocenters. The molecule has 0 aliphatic carbocycles. The van der Waals surface area contributed by atoms with E-state index in [-0.39, 0.29) is 22.5 Å². The third-order valence-electron chi connectivity index (χ3n) is 4.06. The van der Waals surface area contributed by atoms with E-state index in [1.165, 1.54) is 55.0 Å². The Bertz CT molecular complexity index is 1050. The Morgan fingerprint density at radius 2 is 1.74 bits per heavy atom. The maximum absolute atomic E-state index is 13.6. The summed E-state index contributed by atoms with van der Waals surface area (Å²) >= 11 is 0.